The molecular formula is C22H29FN4O3. The third-order valence-electron chi connectivity index (χ3n) is 5.30. The Kier molecular flexibility index (Phi) is 7.18. The maximum absolute atomic E-state index is 13.0. The summed E-state index contributed by atoms with van der Waals surface area (Å²) in [7, 11) is 0. The summed E-state index contributed by atoms with van der Waals surface area (Å²) in [6, 6.07) is 5.94. The first-order valence-corrected chi connectivity index (χ1v) is 10.4. The molecule has 3 rings (SSSR count). The Morgan fingerprint density at radius 1 is 1.30 bits per heavy atom. The first-order chi connectivity index (χ1) is 14.3. The molecule has 0 radical (unpaired) electrons. The van der Waals surface area contributed by atoms with Crippen molar-refractivity contribution >= 4 is 11.8 Å². The van der Waals surface area contributed by atoms with E-state index in [1.807, 2.05) is 0 Å². The number of hydrogen-bond donors (Lipinski definition) is 0. The van der Waals surface area contributed by atoms with Crippen LogP contribution in [0.15, 0.2) is 28.8 Å². The molecule has 0 N–H and O–H groups in total. The zero-order valence-corrected chi connectivity index (χ0v) is 17.8. The molecule has 1 aromatic carbocycles. The monoisotopic (exact) mass is 416 g/mol. The number of nitrogens with zero attached hydrogens (tertiary/aromatic N) is 4. The lowest BCUT2D eigenvalue weighted by atomic mass is 10.1. The van der Waals surface area contributed by atoms with Gasteiger partial charge >= 0.3 is 0 Å². The van der Waals surface area contributed by atoms with Crippen molar-refractivity contribution in [3.05, 3.63) is 47.4 Å². The van der Waals surface area contributed by atoms with Gasteiger partial charge in [0.2, 0.25) is 17.7 Å². The van der Waals surface area contributed by atoms with Gasteiger partial charge < -0.3 is 14.3 Å². The summed E-state index contributed by atoms with van der Waals surface area (Å²) in [6.07, 6.45) is 2.21. The maximum atomic E-state index is 13.0. The Labute approximate surface area is 176 Å². The molecule has 1 atom stereocenters. The molecule has 8 heteroatoms. The van der Waals surface area contributed by atoms with Crippen LogP contribution in [0.3, 0.4) is 0 Å². The SMILES string of the molecule is CC(=O)N(CCc1noc(CC(C)C)n1)C1CCN(C(=O)Cc2ccc(F)cc2)C1. The van der Waals surface area contributed by atoms with Gasteiger partial charge in [-0.25, -0.2) is 4.39 Å². The molecule has 1 saturated heterocycles. The van der Waals surface area contributed by atoms with Crippen molar-refractivity contribution in [2.75, 3.05) is 19.6 Å². The van der Waals surface area contributed by atoms with Crippen molar-refractivity contribution in [2.24, 2.45) is 5.92 Å². The second kappa shape index (κ2) is 9.82. The Morgan fingerprint density at radius 2 is 2.03 bits per heavy atom. The highest BCUT2D eigenvalue weighted by atomic mass is 19.1. The number of carbonyl (C=O) groups excluding carboxylic acids is 2. The maximum Gasteiger partial charge on any atom is 0.227 e. The third kappa shape index (κ3) is 5.87. The van der Waals surface area contributed by atoms with Gasteiger partial charge in [-0.2, -0.15) is 4.98 Å². The second-order valence-electron chi connectivity index (χ2n) is 8.25. The van der Waals surface area contributed by atoms with E-state index >= 15 is 0 Å². The number of halogens is 1. The standard InChI is InChI=1S/C22H29FN4O3/c1-15(2)12-21-24-20(25-30-21)9-11-27(16(3)28)19-8-10-26(14-19)22(29)13-17-4-6-18(23)7-5-17/h4-7,15,19H,8-14H2,1-3H3. The first kappa shape index (κ1) is 21.9. The zero-order chi connectivity index (χ0) is 21.7. The summed E-state index contributed by atoms with van der Waals surface area (Å²) < 4.78 is 18.3. The van der Waals surface area contributed by atoms with Crippen LogP contribution in [0.1, 0.15) is 44.5 Å². The largest absolute Gasteiger partial charge is 0.340 e. The molecule has 0 spiro atoms. The van der Waals surface area contributed by atoms with Gasteiger partial charge in [-0.15, -0.1) is 0 Å². The van der Waals surface area contributed by atoms with Crippen molar-refractivity contribution in [1.82, 2.24) is 19.9 Å². The topological polar surface area (TPSA) is 79.5 Å². The van der Waals surface area contributed by atoms with Gasteiger partial charge in [-0.3, -0.25) is 9.59 Å². The molecule has 0 bridgehead atoms. The number of rotatable bonds is 8. The van der Waals surface area contributed by atoms with Crippen LogP contribution in [0.4, 0.5) is 4.39 Å². The van der Waals surface area contributed by atoms with Gasteiger partial charge in [-0.05, 0) is 30.0 Å². The summed E-state index contributed by atoms with van der Waals surface area (Å²) >= 11 is 0. The van der Waals surface area contributed by atoms with E-state index in [0.717, 1.165) is 18.4 Å². The van der Waals surface area contributed by atoms with Crippen LogP contribution < -0.4 is 0 Å². The average molecular weight is 416 g/mol. The van der Waals surface area contributed by atoms with Crippen LogP contribution in [0.25, 0.3) is 0 Å². The normalized spacial score (nSPS) is 16.3. The van der Waals surface area contributed by atoms with Gasteiger partial charge in [0.1, 0.15) is 5.82 Å². The molecule has 2 heterocycles. The van der Waals surface area contributed by atoms with Gasteiger partial charge in [0.25, 0.3) is 0 Å². The fourth-order valence-electron chi connectivity index (χ4n) is 3.75. The van der Waals surface area contributed by atoms with Crippen molar-refractivity contribution in [3.63, 3.8) is 0 Å². The van der Waals surface area contributed by atoms with Gasteiger partial charge in [0.15, 0.2) is 5.82 Å². The van der Waals surface area contributed by atoms with Crippen molar-refractivity contribution in [3.8, 4) is 0 Å². The van der Waals surface area contributed by atoms with Gasteiger partial charge in [-0.1, -0.05) is 31.1 Å². The molecule has 1 unspecified atom stereocenters. The fourth-order valence-corrected chi connectivity index (χ4v) is 3.75. The molecule has 2 amide bonds. The molecular weight excluding hydrogens is 387 g/mol. The van der Waals surface area contributed by atoms with Crippen LogP contribution in [0, 0.1) is 11.7 Å². The van der Waals surface area contributed by atoms with E-state index in [-0.39, 0.29) is 30.1 Å². The second-order valence-corrected chi connectivity index (χ2v) is 8.25. The smallest absolute Gasteiger partial charge is 0.227 e. The molecule has 1 fully saturated rings. The highest BCUT2D eigenvalue weighted by Crippen LogP contribution is 2.18. The molecule has 0 saturated carbocycles. The number of hydrogen-bond acceptors (Lipinski definition) is 5. The van der Waals surface area contributed by atoms with Crippen LogP contribution >= 0.6 is 0 Å². The Morgan fingerprint density at radius 3 is 2.70 bits per heavy atom. The summed E-state index contributed by atoms with van der Waals surface area (Å²) in [6.45, 7) is 7.32. The minimum Gasteiger partial charge on any atom is -0.340 e. The summed E-state index contributed by atoms with van der Waals surface area (Å²) in [5.41, 5.74) is 0.780. The summed E-state index contributed by atoms with van der Waals surface area (Å²) in [5, 5.41) is 4.01. The zero-order valence-electron chi connectivity index (χ0n) is 17.8. The van der Waals surface area contributed by atoms with E-state index in [4.69, 9.17) is 4.52 Å². The lowest BCUT2D eigenvalue weighted by Gasteiger charge is -2.27. The van der Waals surface area contributed by atoms with Gasteiger partial charge in [0.05, 0.1) is 12.5 Å². The van der Waals surface area contributed by atoms with Crippen molar-refractivity contribution in [2.45, 2.75) is 52.5 Å². The first-order valence-electron chi connectivity index (χ1n) is 10.4. The predicted molar refractivity (Wildman–Crippen MR) is 109 cm³/mol. The number of likely N-dealkylation sites (tertiary alicyclic amines) is 1. The van der Waals surface area contributed by atoms with E-state index in [1.54, 1.807) is 28.9 Å². The van der Waals surface area contributed by atoms with Gasteiger partial charge in [0, 0.05) is 39.4 Å². The van der Waals surface area contributed by atoms with E-state index < -0.39 is 0 Å². The van der Waals surface area contributed by atoms with Crippen molar-refractivity contribution < 1.29 is 18.5 Å². The Bertz CT molecular complexity index is 866. The van der Waals surface area contributed by atoms with E-state index in [2.05, 4.69) is 24.0 Å². The van der Waals surface area contributed by atoms with E-state index in [9.17, 15) is 14.0 Å². The lowest BCUT2D eigenvalue weighted by Crippen LogP contribution is -2.43. The predicted octanol–water partition coefficient (Wildman–Crippen LogP) is 2.64. The van der Waals surface area contributed by atoms with E-state index in [0.29, 0.717) is 43.7 Å². The molecule has 1 aliphatic heterocycles. The quantitative estimate of drug-likeness (QED) is 0.661. The number of amides is 2. The third-order valence-corrected chi connectivity index (χ3v) is 5.30. The minimum atomic E-state index is -0.317. The van der Waals surface area contributed by atoms with Crippen LogP contribution in [-0.4, -0.2) is 57.4 Å². The summed E-state index contributed by atoms with van der Waals surface area (Å²) in [5.74, 6) is 1.29. The van der Waals surface area contributed by atoms with Crippen molar-refractivity contribution in [1.29, 1.82) is 0 Å². The van der Waals surface area contributed by atoms with Crippen LogP contribution in [0.2, 0.25) is 0 Å². The summed E-state index contributed by atoms with van der Waals surface area (Å²) in [4.78, 5) is 32.8. The van der Waals surface area contributed by atoms with Crippen LogP contribution in [-0.2, 0) is 28.9 Å². The fraction of sp³-hybridized carbons (Fsp3) is 0.545. The molecule has 162 valence electrons. The molecule has 30 heavy (non-hydrogen) atoms. The highest BCUT2D eigenvalue weighted by Gasteiger charge is 2.31. The minimum absolute atomic E-state index is 0.0101. The number of carbonyl (C=O) groups is 2. The number of aromatic nitrogens is 2. The molecule has 0 aliphatic carbocycles. The molecule has 7 nitrogen and oxygen atoms in total. The highest BCUT2D eigenvalue weighted by molar-refractivity contribution is 5.79. The number of benzene rings is 1. The molecule has 2 aromatic rings. The lowest BCUT2D eigenvalue weighted by molar-refractivity contribution is -0.133. The molecule has 1 aliphatic rings. The van der Waals surface area contributed by atoms with E-state index in [1.165, 1.54) is 12.1 Å². The van der Waals surface area contributed by atoms with Crippen LogP contribution in [0.5, 0.6) is 0 Å². The average Bonchev–Trinajstić information content (AvgIpc) is 3.33. The Hall–Kier alpha value is -2.77. The molecule has 1 aromatic heterocycles. The Balaban J connectivity index is 1.54.